The van der Waals surface area contributed by atoms with E-state index in [-0.39, 0.29) is 12.1 Å². The average molecular weight is 441 g/mol. The zero-order chi connectivity index (χ0) is 22.1. The van der Waals surface area contributed by atoms with Gasteiger partial charge in [0.15, 0.2) is 5.11 Å². The number of benzene rings is 2. The molecular weight excluding hydrogens is 416 g/mol. The van der Waals surface area contributed by atoms with Gasteiger partial charge in [-0.25, -0.2) is 0 Å². The summed E-state index contributed by atoms with van der Waals surface area (Å²) in [6, 6.07) is 26.6. The number of pyridine rings is 1. The Hall–Kier alpha value is -3.64. The van der Waals surface area contributed by atoms with Crippen LogP contribution in [0.5, 0.6) is 5.75 Å². The second-order valence-electron chi connectivity index (χ2n) is 7.84. The maximum absolute atomic E-state index is 5.84. The average Bonchev–Trinajstić information content (AvgIpc) is 3.44. The molecule has 1 saturated heterocycles. The Kier molecular flexibility index (Phi) is 5.37. The summed E-state index contributed by atoms with van der Waals surface area (Å²) in [6.07, 6.45) is 3.93. The largest absolute Gasteiger partial charge is 0.497 e. The van der Waals surface area contributed by atoms with Crippen molar-refractivity contribution in [3.63, 3.8) is 0 Å². The van der Waals surface area contributed by atoms with Crippen molar-refractivity contribution in [2.24, 2.45) is 0 Å². The van der Waals surface area contributed by atoms with Gasteiger partial charge in [0.25, 0.3) is 0 Å². The van der Waals surface area contributed by atoms with Gasteiger partial charge in [-0.2, -0.15) is 0 Å². The SMILES string of the molecule is COc1ccc(N2C(=S)N[C@H](c3ccccn3)[C@@H]2c2cccn2-c2cccc(C)c2)cc1. The van der Waals surface area contributed by atoms with E-state index in [0.717, 1.165) is 28.5 Å². The maximum Gasteiger partial charge on any atom is 0.174 e. The van der Waals surface area contributed by atoms with Gasteiger partial charge in [-0.15, -0.1) is 0 Å². The van der Waals surface area contributed by atoms with E-state index in [9.17, 15) is 0 Å². The molecule has 2 aromatic carbocycles. The predicted molar refractivity (Wildman–Crippen MR) is 131 cm³/mol. The molecule has 32 heavy (non-hydrogen) atoms. The summed E-state index contributed by atoms with van der Waals surface area (Å²) in [7, 11) is 1.67. The van der Waals surface area contributed by atoms with Crippen LogP contribution in [0.4, 0.5) is 5.69 Å². The number of aromatic nitrogens is 2. The number of methoxy groups -OCH3 is 1. The first-order valence-electron chi connectivity index (χ1n) is 10.5. The Labute approximate surface area is 193 Å². The minimum absolute atomic E-state index is 0.0821. The van der Waals surface area contributed by atoms with Gasteiger partial charge < -0.3 is 19.5 Å². The monoisotopic (exact) mass is 440 g/mol. The molecule has 0 amide bonds. The number of anilines is 1. The van der Waals surface area contributed by atoms with Crippen molar-refractivity contribution < 1.29 is 4.74 Å². The van der Waals surface area contributed by atoms with Crippen molar-refractivity contribution in [3.05, 3.63) is 108 Å². The summed E-state index contributed by atoms with van der Waals surface area (Å²) < 4.78 is 7.59. The van der Waals surface area contributed by atoms with Crippen LogP contribution in [-0.2, 0) is 0 Å². The molecule has 5 rings (SSSR count). The molecule has 6 heteroatoms. The lowest BCUT2D eigenvalue weighted by atomic mass is 10.0. The quantitative estimate of drug-likeness (QED) is 0.423. The molecule has 4 aromatic rings. The van der Waals surface area contributed by atoms with Gasteiger partial charge >= 0.3 is 0 Å². The van der Waals surface area contributed by atoms with Gasteiger partial charge in [-0.05, 0) is 85.4 Å². The smallest absolute Gasteiger partial charge is 0.174 e. The minimum atomic E-state index is -0.0933. The fourth-order valence-electron chi connectivity index (χ4n) is 4.32. The van der Waals surface area contributed by atoms with E-state index in [1.54, 1.807) is 7.11 Å². The number of nitrogens with zero attached hydrogens (tertiary/aromatic N) is 3. The molecule has 0 saturated carbocycles. The molecule has 5 nitrogen and oxygen atoms in total. The first-order valence-corrected chi connectivity index (χ1v) is 11.0. The van der Waals surface area contributed by atoms with Crippen LogP contribution in [0.25, 0.3) is 5.69 Å². The van der Waals surface area contributed by atoms with Crippen molar-refractivity contribution >= 4 is 23.0 Å². The fraction of sp³-hybridized carbons (Fsp3) is 0.154. The van der Waals surface area contributed by atoms with Gasteiger partial charge in [0.2, 0.25) is 0 Å². The number of rotatable bonds is 5. The number of nitrogens with one attached hydrogen (secondary N) is 1. The molecule has 1 aliphatic heterocycles. The maximum atomic E-state index is 5.84. The summed E-state index contributed by atoms with van der Waals surface area (Å²) >= 11 is 5.84. The molecule has 0 aliphatic carbocycles. The van der Waals surface area contributed by atoms with Gasteiger partial charge in [0.1, 0.15) is 11.8 Å². The summed E-state index contributed by atoms with van der Waals surface area (Å²) in [5.41, 5.74) is 5.43. The van der Waals surface area contributed by atoms with Crippen molar-refractivity contribution in [1.29, 1.82) is 0 Å². The normalized spacial score (nSPS) is 17.9. The van der Waals surface area contributed by atoms with Gasteiger partial charge in [0, 0.05) is 29.5 Å². The molecule has 0 radical (unpaired) electrons. The molecule has 2 aromatic heterocycles. The summed E-state index contributed by atoms with van der Waals surface area (Å²) in [5, 5.41) is 4.20. The molecule has 1 N–H and O–H groups in total. The number of aryl methyl sites for hydroxylation is 1. The Bertz CT molecular complexity index is 1240. The molecule has 0 bridgehead atoms. The van der Waals surface area contributed by atoms with Gasteiger partial charge in [-0.1, -0.05) is 18.2 Å². The first-order chi connectivity index (χ1) is 15.7. The zero-order valence-electron chi connectivity index (χ0n) is 18.0. The van der Waals surface area contributed by atoms with E-state index >= 15 is 0 Å². The molecule has 1 aliphatic rings. The third-order valence-electron chi connectivity index (χ3n) is 5.81. The van der Waals surface area contributed by atoms with Crippen LogP contribution in [0.3, 0.4) is 0 Å². The van der Waals surface area contributed by atoms with Crippen molar-refractivity contribution in [3.8, 4) is 11.4 Å². The van der Waals surface area contributed by atoms with Crippen LogP contribution in [0.1, 0.15) is 29.0 Å². The van der Waals surface area contributed by atoms with Crippen molar-refractivity contribution in [2.75, 3.05) is 12.0 Å². The highest BCUT2D eigenvalue weighted by molar-refractivity contribution is 7.80. The Balaban J connectivity index is 1.65. The number of hydrogen-bond donors (Lipinski definition) is 1. The highest BCUT2D eigenvalue weighted by atomic mass is 32.1. The molecule has 1 fully saturated rings. The van der Waals surface area contributed by atoms with Gasteiger partial charge in [-0.3, -0.25) is 4.98 Å². The van der Waals surface area contributed by atoms with E-state index < -0.39 is 0 Å². The second-order valence-corrected chi connectivity index (χ2v) is 8.22. The third kappa shape index (κ3) is 3.63. The van der Waals surface area contributed by atoms with Crippen molar-refractivity contribution in [1.82, 2.24) is 14.9 Å². The van der Waals surface area contributed by atoms with E-state index in [2.05, 4.69) is 69.3 Å². The third-order valence-corrected chi connectivity index (χ3v) is 6.13. The molecule has 0 unspecified atom stereocenters. The van der Waals surface area contributed by atoms with E-state index in [1.165, 1.54) is 5.56 Å². The highest BCUT2D eigenvalue weighted by Gasteiger charge is 2.42. The molecule has 0 spiro atoms. The van der Waals surface area contributed by atoms with Crippen LogP contribution < -0.4 is 15.0 Å². The Morgan fingerprint density at radius 3 is 2.50 bits per heavy atom. The van der Waals surface area contributed by atoms with Crippen LogP contribution in [0, 0.1) is 6.92 Å². The topological polar surface area (TPSA) is 42.3 Å². The first kappa shape index (κ1) is 20.3. The minimum Gasteiger partial charge on any atom is -0.497 e. The lowest BCUT2D eigenvalue weighted by molar-refractivity contribution is 0.415. The molecular formula is C26H24N4OS. The Morgan fingerprint density at radius 1 is 0.938 bits per heavy atom. The lowest BCUT2D eigenvalue weighted by Crippen LogP contribution is -2.30. The van der Waals surface area contributed by atoms with Crippen LogP contribution in [0.2, 0.25) is 0 Å². The molecule has 3 heterocycles. The number of hydrogen-bond acceptors (Lipinski definition) is 3. The van der Waals surface area contributed by atoms with Crippen LogP contribution in [-0.4, -0.2) is 21.8 Å². The summed E-state index contributed by atoms with van der Waals surface area (Å²) in [4.78, 5) is 6.83. The molecule has 2 atom stereocenters. The zero-order valence-corrected chi connectivity index (χ0v) is 18.8. The highest BCUT2D eigenvalue weighted by Crippen LogP contribution is 2.42. The van der Waals surface area contributed by atoms with E-state index in [1.807, 2.05) is 48.7 Å². The van der Waals surface area contributed by atoms with Crippen LogP contribution in [0.15, 0.2) is 91.3 Å². The van der Waals surface area contributed by atoms with Gasteiger partial charge in [0.05, 0.1) is 18.8 Å². The lowest BCUT2D eigenvalue weighted by Gasteiger charge is -2.29. The molecule has 160 valence electrons. The fourth-order valence-corrected chi connectivity index (χ4v) is 4.67. The standard InChI is InChI=1S/C26H24N4OS/c1-18-7-5-8-20(17-18)29-16-6-10-23(29)25-24(22-9-3-4-15-27-22)28-26(32)30(25)19-11-13-21(31-2)14-12-19/h3-17,24-25H,1-2H3,(H,28,32)/t24-,25+/m1/s1. The predicted octanol–water partition coefficient (Wildman–Crippen LogP) is 5.37. The second kappa shape index (κ2) is 8.48. The summed E-state index contributed by atoms with van der Waals surface area (Å²) in [6.45, 7) is 2.11. The van der Waals surface area contributed by atoms with Crippen molar-refractivity contribution in [2.45, 2.75) is 19.0 Å². The number of ether oxygens (including phenoxy) is 1. The van der Waals surface area contributed by atoms with Crippen LogP contribution >= 0.6 is 12.2 Å². The van der Waals surface area contributed by atoms with E-state index in [4.69, 9.17) is 17.0 Å². The summed E-state index contributed by atoms with van der Waals surface area (Å²) in [5.74, 6) is 0.813. The Morgan fingerprint density at radius 2 is 1.78 bits per heavy atom. The number of thiocarbonyl (C=S) groups is 1. The van der Waals surface area contributed by atoms with E-state index in [0.29, 0.717) is 5.11 Å².